The van der Waals surface area contributed by atoms with Gasteiger partial charge in [-0.15, -0.1) is 24.0 Å². The summed E-state index contributed by atoms with van der Waals surface area (Å²) >= 11 is 0. The van der Waals surface area contributed by atoms with E-state index in [4.69, 9.17) is 4.74 Å². The molecular weight excluding hydrogens is 381 g/mol. The molecule has 3 rings (SSSR count). The van der Waals surface area contributed by atoms with Crippen LogP contribution >= 0.6 is 24.0 Å². The lowest BCUT2D eigenvalue weighted by Gasteiger charge is -2.20. The highest BCUT2D eigenvalue weighted by Crippen LogP contribution is 2.33. The summed E-state index contributed by atoms with van der Waals surface area (Å²) in [6.07, 6.45) is 5.54. The zero-order valence-electron chi connectivity index (χ0n) is 12.6. The number of ether oxygens (including phenoxy) is 1. The van der Waals surface area contributed by atoms with Crippen molar-refractivity contribution in [2.75, 3.05) is 20.2 Å². The molecule has 0 bridgehead atoms. The number of nitrogens with zero attached hydrogens (tertiary/aromatic N) is 3. The maximum atomic E-state index is 5.89. The van der Waals surface area contributed by atoms with Crippen molar-refractivity contribution >= 4 is 29.9 Å². The highest BCUT2D eigenvalue weighted by atomic mass is 127. The predicted octanol–water partition coefficient (Wildman–Crippen LogP) is 1.44. The van der Waals surface area contributed by atoms with Crippen molar-refractivity contribution in [2.24, 2.45) is 18.0 Å². The molecule has 2 fully saturated rings. The topological polar surface area (TPSA) is 63.5 Å². The molecule has 7 heteroatoms. The molecule has 1 aromatic heterocycles. The van der Waals surface area contributed by atoms with Gasteiger partial charge in [0, 0.05) is 45.4 Å². The average Bonchev–Trinajstić information content (AvgIpc) is 2.97. The summed E-state index contributed by atoms with van der Waals surface area (Å²) < 4.78 is 7.79. The van der Waals surface area contributed by atoms with E-state index in [2.05, 4.69) is 20.7 Å². The van der Waals surface area contributed by atoms with Crippen LogP contribution in [0.5, 0.6) is 0 Å². The number of aryl methyl sites for hydroxylation is 1. The Kier molecular flexibility index (Phi) is 5.86. The normalized spacial score (nSPS) is 25.5. The van der Waals surface area contributed by atoms with Crippen molar-refractivity contribution in [3.05, 3.63) is 18.0 Å². The van der Waals surface area contributed by atoms with E-state index in [-0.39, 0.29) is 30.1 Å². The Bertz CT molecular complexity index is 485. The van der Waals surface area contributed by atoms with Gasteiger partial charge in [0.15, 0.2) is 5.96 Å². The minimum atomic E-state index is 0. The first-order valence-corrected chi connectivity index (χ1v) is 7.34. The van der Waals surface area contributed by atoms with Gasteiger partial charge in [-0.1, -0.05) is 0 Å². The molecule has 0 spiro atoms. The lowest BCUT2D eigenvalue weighted by molar-refractivity contribution is 0.0848. The number of guanidine groups is 1. The van der Waals surface area contributed by atoms with E-state index in [1.807, 2.05) is 31.0 Å². The summed E-state index contributed by atoms with van der Waals surface area (Å²) in [7, 11) is 3.79. The summed E-state index contributed by atoms with van der Waals surface area (Å²) in [5, 5.41) is 11.1. The second-order valence-electron chi connectivity index (χ2n) is 5.59. The first-order chi connectivity index (χ1) is 9.78. The maximum absolute atomic E-state index is 5.89. The molecule has 2 N–H and O–H groups in total. The second-order valence-corrected chi connectivity index (χ2v) is 5.59. The molecule has 1 aliphatic heterocycles. The number of rotatable bonds is 4. The third kappa shape index (κ3) is 4.09. The molecule has 6 nitrogen and oxygen atoms in total. The fourth-order valence-corrected chi connectivity index (χ4v) is 2.68. The number of hydrogen-bond acceptors (Lipinski definition) is 3. The first kappa shape index (κ1) is 16.5. The van der Waals surface area contributed by atoms with Gasteiger partial charge in [0.25, 0.3) is 0 Å². The van der Waals surface area contributed by atoms with Gasteiger partial charge >= 0.3 is 0 Å². The van der Waals surface area contributed by atoms with Gasteiger partial charge in [-0.05, 0) is 25.3 Å². The molecule has 1 saturated heterocycles. The number of hydrogen-bond donors (Lipinski definition) is 2. The molecule has 118 valence electrons. The highest BCUT2D eigenvalue weighted by molar-refractivity contribution is 14.0. The van der Waals surface area contributed by atoms with Crippen molar-refractivity contribution in [2.45, 2.75) is 31.4 Å². The Morgan fingerprint density at radius 1 is 1.48 bits per heavy atom. The van der Waals surface area contributed by atoms with E-state index in [0.717, 1.165) is 31.2 Å². The average molecular weight is 405 g/mol. The number of aliphatic imine (C=N–C) groups is 1. The number of halogens is 1. The monoisotopic (exact) mass is 405 g/mol. The highest BCUT2D eigenvalue weighted by Gasteiger charge is 2.32. The maximum Gasteiger partial charge on any atom is 0.191 e. The van der Waals surface area contributed by atoms with Gasteiger partial charge in [-0.3, -0.25) is 9.67 Å². The Morgan fingerprint density at radius 2 is 2.29 bits per heavy atom. The fraction of sp³-hybridized carbons (Fsp3) is 0.714. The lowest BCUT2D eigenvalue weighted by Crippen LogP contribution is -2.41. The predicted molar refractivity (Wildman–Crippen MR) is 92.9 cm³/mol. The van der Waals surface area contributed by atoms with Crippen LogP contribution in [-0.2, 0) is 11.8 Å². The van der Waals surface area contributed by atoms with Crippen LogP contribution < -0.4 is 10.6 Å². The van der Waals surface area contributed by atoms with E-state index in [1.54, 1.807) is 0 Å². The lowest BCUT2D eigenvalue weighted by atomic mass is 9.99. The second kappa shape index (κ2) is 7.44. The molecule has 21 heavy (non-hydrogen) atoms. The van der Waals surface area contributed by atoms with E-state index in [0.29, 0.717) is 12.0 Å². The molecule has 0 unspecified atom stereocenters. The van der Waals surface area contributed by atoms with Crippen molar-refractivity contribution < 1.29 is 4.74 Å². The van der Waals surface area contributed by atoms with Crippen molar-refractivity contribution in [1.29, 1.82) is 0 Å². The molecule has 2 heterocycles. The Balaban J connectivity index is 0.00000161. The SMILES string of the molecule is CN=C(NC[C@@H]1CCO[C@H]1c1ccnn1C)NC1CC1.I. The van der Waals surface area contributed by atoms with Crippen LogP contribution in [0.15, 0.2) is 17.3 Å². The smallest absolute Gasteiger partial charge is 0.191 e. The van der Waals surface area contributed by atoms with Crippen LogP contribution in [0, 0.1) is 5.92 Å². The van der Waals surface area contributed by atoms with Crippen molar-refractivity contribution in [1.82, 2.24) is 20.4 Å². The first-order valence-electron chi connectivity index (χ1n) is 7.34. The van der Waals surface area contributed by atoms with Gasteiger partial charge in [0.2, 0.25) is 0 Å². The summed E-state index contributed by atoms with van der Waals surface area (Å²) in [6.45, 7) is 1.69. The molecule has 2 atom stereocenters. The van der Waals surface area contributed by atoms with Crippen molar-refractivity contribution in [3.8, 4) is 0 Å². The molecule has 1 aliphatic carbocycles. The van der Waals surface area contributed by atoms with E-state index < -0.39 is 0 Å². The number of aromatic nitrogens is 2. The van der Waals surface area contributed by atoms with Crippen LogP contribution in [0.25, 0.3) is 0 Å². The summed E-state index contributed by atoms with van der Waals surface area (Å²) in [5.74, 6) is 1.37. The van der Waals surface area contributed by atoms with Crippen LogP contribution in [0.3, 0.4) is 0 Å². The van der Waals surface area contributed by atoms with Crippen LogP contribution in [0.4, 0.5) is 0 Å². The van der Waals surface area contributed by atoms with Gasteiger partial charge in [-0.25, -0.2) is 0 Å². The zero-order valence-corrected chi connectivity index (χ0v) is 14.9. The van der Waals surface area contributed by atoms with Crippen LogP contribution in [0.2, 0.25) is 0 Å². The molecule has 0 aromatic carbocycles. The molecule has 2 aliphatic rings. The quantitative estimate of drug-likeness (QED) is 0.452. The molecular formula is C14H24IN5O. The summed E-state index contributed by atoms with van der Waals surface area (Å²) in [5.41, 5.74) is 1.15. The molecule has 1 saturated carbocycles. The van der Waals surface area contributed by atoms with Crippen LogP contribution in [-0.4, -0.2) is 42.0 Å². The third-order valence-corrected chi connectivity index (χ3v) is 4.04. The fourth-order valence-electron chi connectivity index (χ4n) is 2.68. The largest absolute Gasteiger partial charge is 0.372 e. The molecule has 0 amide bonds. The minimum absolute atomic E-state index is 0. The molecule has 0 radical (unpaired) electrons. The Hall–Kier alpha value is -0.830. The Labute approximate surface area is 142 Å². The molecule has 1 aromatic rings. The Morgan fingerprint density at radius 3 is 2.90 bits per heavy atom. The zero-order chi connectivity index (χ0) is 13.9. The standard InChI is InChI=1S/C14H23N5O.HI/c1-15-14(18-11-3-4-11)16-9-10-6-8-20-13(10)12-5-7-17-19(12)2;/h5,7,10-11,13H,3-4,6,8-9H2,1-2H3,(H2,15,16,18);1H/t10-,13+;/m0./s1. The van der Waals surface area contributed by atoms with Gasteiger partial charge in [0.05, 0.1) is 5.69 Å². The number of nitrogens with one attached hydrogen (secondary N) is 2. The van der Waals surface area contributed by atoms with E-state index >= 15 is 0 Å². The van der Waals surface area contributed by atoms with Gasteiger partial charge in [-0.2, -0.15) is 5.10 Å². The summed E-state index contributed by atoms with van der Waals surface area (Å²) in [4.78, 5) is 4.27. The van der Waals surface area contributed by atoms with Gasteiger partial charge in [0.1, 0.15) is 6.10 Å². The van der Waals surface area contributed by atoms with Crippen molar-refractivity contribution in [3.63, 3.8) is 0 Å². The van der Waals surface area contributed by atoms with E-state index in [1.165, 1.54) is 12.8 Å². The van der Waals surface area contributed by atoms with Gasteiger partial charge < -0.3 is 15.4 Å². The van der Waals surface area contributed by atoms with Crippen LogP contribution in [0.1, 0.15) is 31.1 Å². The summed E-state index contributed by atoms with van der Waals surface area (Å²) in [6, 6.07) is 2.66. The minimum Gasteiger partial charge on any atom is -0.372 e. The third-order valence-electron chi connectivity index (χ3n) is 4.04. The van der Waals surface area contributed by atoms with E-state index in [9.17, 15) is 0 Å².